The minimum absolute atomic E-state index is 0.0148. The van der Waals surface area contributed by atoms with Gasteiger partial charge in [0.2, 0.25) is 0 Å². The number of pyridine rings is 1. The van der Waals surface area contributed by atoms with Gasteiger partial charge in [0, 0.05) is 21.9 Å². The van der Waals surface area contributed by atoms with Crippen LogP contribution < -0.4 is 5.32 Å². The largest absolute Gasteiger partial charge is 0.359 e. The molecule has 2 heterocycles. The lowest BCUT2D eigenvalue weighted by atomic mass is 9.90. The Kier molecular flexibility index (Phi) is 8.22. The van der Waals surface area contributed by atoms with Crippen molar-refractivity contribution in [3.05, 3.63) is 229 Å². The number of aliphatic imine (C=N–C) groups is 1. The fourth-order valence-electron chi connectivity index (χ4n) is 8.49. The average molecular weight is 740 g/mol. The standard InChI is InChI=1S/C55H37N3/c1-3-15-39(16-4-1)52-35-53(58-55(57-52)41-17-5-2-6-18-41)40-27-25-38(26-28-40)49-34-51(45-30-24-37-14-8-10-20-43(37)32-45)56-54-47-22-12-11-21-46(47)48(33-50(49)54)44-29-23-36-13-7-9-19-42(36)31-44/h1-35,52H,(H,57,58). The highest BCUT2D eigenvalue weighted by Crippen LogP contribution is 2.41. The highest BCUT2D eigenvalue weighted by atomic mass is 15.0. The lowest BCUT2D eigenvalue weighted by molar-refractivity contribution is 0.781. The van der Waals surface area contributed by atoms with Crippen molar-refractivity contribution in [2.75, 3.05) is 0 Å². The van der Waals surface area contributed by atoms with Crippen LogP contribution in [-0.2, 0) is 0 Å². The van der Waals surface area contributed by atoms with Crippen molar-refractivity contribution in [1.29, 1.82) is 0 Å². The van der Waals surface area contributed by atoms with Crippen molar-refractivity contribution in [2.24, 2.45) is 4.99 Å². The first kappa shape index (κ1) is 33.7. The zero-order valence-corrected chi connectivity index (χ0v) is 31.7. The molecule has 11 rings (SSSR count). The topological polar surface area (TPSA) is 37.3 Å². The first-order valence-corrected chi connectivity index (χ1v) is 19.8. The number of hydrogen-bond donors (Lipinski definition) is 1. The zero-order valence-electron chi connectivity index (χ0n) is 31.7. The zero-order chi connectivity index (χ0) is 38.4. The molecule has 0 radical (unpaired) electrons. The van der Waals surface area contributed by atoms with E-state index in [1.54, 1.807) is 0 Å². The van der Waals surface area contributed by atoms with Gasteiger partial charge in [0.25, 0.3) is 0 Å². The van der Waals surface area contributed by atoms with Gasteiger partial charge in [-0.3, -0.25) is 0 Å². The van der Waals surface area contributed by atoms with Crippen LogP contribution in [0.15, 0.2) is 217 Å². The molecule has 0 aliphatic carbocycles. The summed E-state index contributed by atoms with van der Waals surface area (Å²) >= 11 is 0. The fraction of sp³-hybridized carbons (Fsp3) is 0.0182. The maximum absolute atomic E-state index is 5.48. The molecule has 3 nitrogen and oxygen atoms in total. The third-order valence-electron chi connectivity index (χ3n) is 11.5. The number of nitrogens with zero attached hydrogens (tertiary/aromatic N) is 2. The summed E-state index contributed by atoms with van der Waals surface area (Å²) < 4.78 is 0. The summed E-state index contributed by atoms with van der Waals surface area (Å²) in [7, 11) is 0. The normalized spacial score (nSPS) is 14.0. The average Bonchev–Trinajstić information content (AvgIpc) is 3.31. The molecule has 1 N–H and O–H groups in total. The van der Waals surface area contributed by atoms with E-state index in [1.165, 1.54) is 43.6 Å². The molecule has 0 saturated heterocycles. The number of nitrogens with one attached hydrogen (secondary N) is 1. The van der Waals surface area contributed by atoms with Crippen LogP contribution in [0.3, 0.4) is 0 Å². The summed E-state index contributed by atoms with van der Waals surface area (Å²) in [5.41, 5.74) is 11.9. The van der Waals surface area contributed by atoms with Crippen LogP contribution in [0.25, 0.3) is 82.4 Å². The molecule has 0 spiro atoms. The van der Waals surface area contributed by atoms with Crippen LogP contribution in [-0.4, -0.2) is 10.8 Å². The van der Waals surface area contributed by atoms with Gasteiger partial charge < -0.3 is 5.32 Å². The van der Waals surface area contributed by atoms with Crippen LogP contribution in [0, 0.1) is 0 Å². The van der Waals surface area contributed by atoms with E-state index in [4.69, 9.17) is 9.98 Å². The minimum atomic E-state index is -0.0148. The Morgan fingerprint density at radius 3 is 1.66 bits per heavy atom. The Balaban J connectivity index is 1.10. The maximum Gasteiger partial charge on any atom is 0.134 e. The lowest BCUT2D eigenvalue weighted by Gasteiger charge is -2.24. The van der Waals surface area contributed by atoms with Gasteiger partial charge in [-0.05, 0) is 90.7 Å². The third kappa shape index (κ3) is 6.10. The van der Waals surface area contributed by atoms with E-state index < -0.39 is 0 Å². The van der Waals surface area contributed by atoms with Crippen molar-refractivity contribution in [1.82, 2.24) is 10.3 Å². The van der Waals surface area contributed by atoms with Gasteiger partial charge in [0.1, 0.15) is 5.84 Å². The van der Waals surface area contributed by atoms with Crippen LogP contribution in [0.2, 0.25) is 0 Å². The number of rotatable bonds is 6. The molecule has 1 atom stereocenters. The van der Waals surface area contributed by atoms with E-state index in [2.05, 4.69) is 212 Å². The Hall–Kier alpha value is -7.62. The number of benzene rings is 9. The van der Waals surface area contributed by atoms with E-state index in [0.717, 1.165) is 61.3 Å². The smallest absolute Gasteiger partial charge is 0.134 e. The van der Waals surface area contributed by atoms with Gasteiger partial charge in [0.15, 0.2) is 0 Å². The first-order valence-electron chi connectivity index (χ1n) is 19.8. The summed E-state index contributed by atoms with van der Waals surface area (Å²) in [4.78, 5) is 10.7. The molecule has 1 aromatic heterocycles. The number of amidine groups is 1. The van der Waals surface area contributed by atoms with Crippen molar-refractivity contribution in [2.45, 2.75) is 6.04 Å². The van der Waals surface area contributed by atoms with E-state index in [1.807, 2.05) is 6.07 Å². The Labute approximate surface area is 337 Å². The molecule has 1 aliphatic rings. The molecule has 0 bridgehead atoms. The molecule has 1 aliphatic heterocycles. The molecule has 0 saturated carbocycles. The summed E-state index contributed by atoms with van der Waals surface area (Å²) in [5, 5.41) is 12.0. The van der Waals surface area contributed by atoms with Crippen molar-refractivity contribution < 1.29 is 0 Å². The molecule has 58 heavy (non-hydrogen) atoms. The second-order valence-electron chi connectivity index (χ2n) is 15.0. The molecule has 3 heteroatoms. The van der Waals surface area contributed by atoms with Gasteiger partial charge in [-0.25, -0.2) is 9.98 Å². The third-order valence-corrected chi connectivity index (χ3v) is 11.5. The first-order chi connectivity index (χ1) is 28.7. The van der Waals surface area contributed by atoms with E-state index in [-0.39, 0.29) is 6.04 Å². The fourth-order valence-corrected chi connectivity index (χ4v) is 8.49. The van der Waals surface area contributed by atoms with Crippen molar-refractivity contribution in [3.63, 3.8) is 0 Å². The monoisotopic (exact) mass is 739 g/mol. The van der Waals surface area contributed by atoms with E-state index in [0.29, 0.717) is 0 Å². The van der Waals surface area contributed by atoms with Gasteiger partial charge >= 0.3 is 0 Å². The van der Waals surface area contributed by atoms with Crippen molar-refractivity contribution in [3.8, 4) is 33.5 Å². The van der Waals surface area contributed by atoms with Crippen LogP contribution >= 0.6 is 0 Å². The minimum Gasteiger partial charge on any atom is -0.359 e. The van der Waals surface area contributed by atoms with E-state index >= 15 is 0 Å². The molecule has 10 aromatic rings. The maximum atomic E-state index is 5.48. The van der Waals surface area contributed by atoms with Gasteiger partial charge in [-0.15, -0.1) is 0 Å². The summed E-state index contributed by atoms with van der Waals surface area (Å²) in [5.74, 6) is 0.865. The molecule has 0 fully saturated rings. The lowest BCUT2D eigenvalue weighted by Crippen LogP contribution is -2.31. The Bertz CT molecular complexity index is 3240. The number of fused-ring (bicyclic) bond motifs is 5. The SMILES string of the molecule is C1=C(c2ccc(-c3cc(-c4ccc5ccccc5c4)nc4c3cc(-c3ccc5ccccc5c3)c3ccccc34)cc2)N=C(c2ccccc2)NC1c1ccccc1. The summed E-state index contributed by atoms with van der Waals surface area (Å²) in [6.07, 6.45) is 2.23. The van der Waals surface area contributed by atoms with Gasteiger partial charge in [0.05, 0.1) is 22.9 Å². The molecule has 9 aromatic carbocycles. The Morgan fingerprint density at radius 2 is 0.931 bits per heavy atom. The van der Waals surface area contributed by atoms with Crippen LogP contribution in [0.5, 0.6) is 0 Å². The molecule has 0 amide bonds. The van der Waals surface area contributed by atoms with E-state index in [9.17, 15) is 0 Å². The molecular weight excluding hydrogens is 703 g/mol. The second kappa shape index (κ2) is 14.1. The molecule has 1 unspecified atom stereocenters. The van der Waals surface area contributed by atoms with Crippen LogP contribution in [0.1, 0.15) is 22.7 Å². The number of hydrogen-bond acceptors (Lipinski definition) is 3. The summed E-state index contributed by atoms with van der Waals surface area (Å²) in [6.45, 7) is 0. The summed E-state index contributed by atoms with van der Waals surface area (Å²) in [6, 6.07) is 73.8. The Morgan fingerprint density at radius 1 is 0.379 bits per heavy atom. The predicted molar refractivity (Wildman–Crippen MR) is 244 cm³/mol. The quantitative estimate of drug-likeness (QED) is 0.172. The molecular formula is C55H37N3. The van der Waals surface area contributed by atoms with Crippen LogP contribution in [0.4, 0.5) is 0 Å². The van der Waals surface area contributed by atoms with Crippen molar-refractivity contribution >= 4 is 54.8 Å². The van der Waals surface area contributed by atoms with Gasteiger partial charge in [-0.2, -0.15) is 0 Å². The van der Waals surface area contributed by atoms with Gasteiger partial charge in [-0.1, -0.05) is 182 Å². The highest BCUT2D eigenvalue weighted by Gasteiger charge is 2.21. The second-order valence-corrected chi connectivity index (χ2v) is 15.0. The number of aromatic nitrogens is 1. The molecule has 272 valence electrons. The predicted octanol–water partition coefficient (Wildman–Crippen LogP) is 13.8. The highest BCUT2D eigenvalue weighted by molar-refractivity contribution is 6.16.